The maximum Gasteiger partial charge on any atom is 0.330 e. The second-order valence-corrected chi connectivity index (χ2v) is 5.68. The van der Waals surface area contributed by atoms with Crippen molar-refractivity contribution in [1.29, 1.82) is 0 Å². The van der Waals surface area contributed by atoms with Crippen molar-refractivity contribution in [3.8, 4) is 0 Å². The molecule has 0 radical (unpaired) electrons. The summed E-state index contributed by atoms with van der Waals surface area (Å²) in [5.41, 5.74) is -1.06. The van der Waals surface area contributed by atoms with Crippen LogP contribution in [0.15, 0.2) is 0 Å². The number of carboxylic acid groups (broad SMARTS) is 1. The third-order valence-electron chi connectivity index (χ3n) is 3.25. The highest BCUT2D eigenvalue weighted by Crippen LogP contribution is 2.28. The number of carbonyl (C=O) groups excluding carboxylic acids is 1. The number of amides is 1. The Bertz CT molecular complexity index is 309. The molecule has 2 saturated heterocycles. The van der Waals surface area contributed by atoms with Gasteiger partial charge in [-0.25, -0.2) is 4.79 Å². The molecule has 2 unspecified atom stereocenters. The van der Waals surface area contributed by atoms with Crippen LogP contribution in [0, 0.1) is 0 Å². The molecule has 0 aromatic carbocycles. The van der Waals surface area contributed by atoms with Crippen LogP contribution in [-0.4, -0.2) is 46.7 Å². The van der Waals surface area contributed by atoms with Crippen molar-refractivity contribution in [2.75, 3.05) is 18.1 Å². The highest BCUT2D eigenvalue weighted by atomic mass is 32.2. The lowest BCUT2D eigenvalue weighted by atomic mass is 9.98. The zero-order valence-corrected chi connectivity index (χ0v) is 10.4. The van der Waals surface area contributed by atoms with Crippen molar-refractivity contribution >= 4 is 23.6 Å². The van der Waals surface area contributed by atoms with Gasteiger partial charge in [-0.1, -0.05) is 0 Å². The SMILES string of the molecule is O=C(CC1CCCO1)NC1(C(=O)O)CCSC1. The van der Waals surface area contributed by atoms with E-state index < -0.39 is 11.5 Å². The highest BCUT2D eigenvalue weighted by Gasteiger charge is 2.43. The molecule has 1 amide bonds. The van der Waals surface area contributed by atoms with E-state index in [4.69, 9.17) is 4.74 Å². The van der Waals surface area contributed by atoms with Gasteiger partial charge in [0.1, 0.15) is 5.54 Å². The van der Waals surface area contributed by atoms with Crippen LogP contribution in [0.25, 0.3) is 0 Å². The Kier molecular flexibility index (Phi) is 3.93. The Balaban J connectivity index is 1.89. The van der Waals surface area contributed by atoms with Gasteiger partial charge in [0.25, 0.3) is 0 Å². The first kappa shape index (κ1) is 12.7. The minimum Gasteiger partial charge on any atom is -0.479 e. The molecule has 5 nitrogen and oxygen atoms in total. The fourth-order valence-electron chi connectivity index (χ4n) is 2.22. The first-order chi connectivity index (χ1) is 8.12. The quantitative estimate of drug-likeness (QED) is 0.774. The summed E-state index contributed by atoms with van der Waals surface area (Å²) in [6.07, 6.45) is 2.62. The Morgan fingerprint density at radius 1 is 1.53 bits per heavy atom. The second kappa shape index (κ2) is 5.27. The average Bonchev–Trinajstić information content (AvgIpc) is 2.89. The molecule has 2 aliphatic rings. The second-order valence-electron chi connectivity index (χ2n) is 4.58. The van der Waals surface area contributed by atoms with E-state index in [2.05, 4.69) is 5.32 Å². The summed E-state index contributed by atoms with van der Waals surface area (Å²) in [6, 6.07) is 0. The van der Waals surface area contributed by atoms with Crippen LogP contribution < -0.4 is 5.32 Å². The Hall–Kier alpha value is -0.750. The number of carboxylic acids is 1. The first-order valence-electron chi connectivity index (χ1n) is 5.86. The van der Waals surface area contributed by atoms with E-state index in [0.717, 1.165) is 18.6 Å². The molecular formula is C11H17NO4S. The van der Waals surface area contributed by atoms with Gasteiger partial charge in [0.05, 0.1) is 12.5 Å². The molecule has 2 fully saturated rings. The van der Waals surface area contributed by atoms with Crippen molar-refractivity contribution < 1.29 is 19.4 Å². The lowest BCUT2D eigenvalue weighted by Crippen LogP contribution is -2.55. The van der Waals surface area contributed by atoms with E-state index in [9.17, 15) is 14.7 Å². The molecule has 0 aliphatic carbocycles. The van der Waals surface area contributed by atoms with Crippen molar-refractivity contribution in [3.63, 3.8) is 0 Å². The van der Waals surface area contributed by atoms with Crippen LogP contribution in [0.2, 0.25) is 0 Å². The molecule has 17 heavy (non-hydrogen) atoms. The van der Waals surface area contributed by atoms with E-state index in [1.165, 1.54) is 0 Å². The Morgan fingerprint density at radius 3 is 2.88 bits per heavy atom. The van der Waals surface area contributed by atoms with Crippen LogP contribution >= 0.6 is 11.8 Å². The van der Waals surface area contributed by atoms with E-state index in [0.29, 0.717) is 18.8 Å². The molecule has 2 rings (SSSR count). The molecule has 0 saturated carbocycles. The number of carbonyl (C=O) groups is 2. The number of hydrogen-bond donors (Lipinski definition) is 2. The molecule has 2 heterocycles. The number of nitrogens with one attached hydrogen (secondary N) is 1. The van der Waals surface area contributed by atoms with Crippen LogP contribution in [0.1, 0.15) is 25.7 Å². The van der Waals surface area contributed by atoms with Gasteiger partial charge < -0.3 is 15.2 Å². The largest absolute Gasteiger partial charge is 0.479 e. The van der Waals surface area contributed by atoms with Crippen LogP contribution in [-0.2, 0) is 14.3 Å². The van der Waals surface area contributed by atoms with Gasteiger partial charge in [-0.3, -0.25) is 4.79 Å². The molecule has 0 bridgehead atoms. The molecule has 0 aromatic rings. The van der Waals surface area contributed by atoms with E-state index in [1.54, 1.807) is 11.8 Å². The van der Waals surface area contributed by atoms with Crippen LogP contribution in [0.3, 0.4) is 0 Å². The summed E-state index contributed by atoms with van der Waals surface area (Å²) in [6.45, 7) is 0.706. The van der Waals surface area contributed by atoms with Gasteiger partial charge in [-0.2, -0.15) is 11.8 Å². The topological polar surface area (TPSA) is 75.6 Å². The van der Waals surface area contributed by atoms with Gasteiger partial charge in [-0.15, -0.1) is 0 Å². The van der Waals surface area contributed by atoms with Gasteiger partial charge in [0.15, 0.2) is 0 Å². The smallest absolute Gasteiger partial charge is 0.330 e. The Labute approximate surface area is 104 Å². The van der Waals surface area contributed by atoms with Gasteiger partial charge >= 0.3 is 5.97 Å². The molecule has 2 N–H and O–H groups in total. The van der Waals surface area contributed by atoms with Crippen molar-refractivity contribution in [2.45, 2.75) is 37.3 Å². The summed E-state index contributed by atoms with van der Waals surface area (Å²) < 4.78 is 5.37. The van der Waals surface area contributed by atoms with Crippen LogP contribution in [0.4, 0.5) is 0 Å². The zero-order valence-electron chi connectivity index (χ0n) is 9.61. The Morgan fingerprint density at radius 2 is 2.35 bits per heavy atom. The number of ether oxygens (including phenoxy) is 1. The normalized spacial score (nSPS) is 32.6. The third kappa shape index (κ3) is 2.93. The van der Waals surface area contributed by atoms with Crippen molar-refractivity contribution in [1.82, 2.24) is 5.32 Å². The van der Waals surface area contributed by atoms with Crippen molar-refractivity contribution in [3.05, 3.63) is 0 Å². The third-order valence-corrected chi connectivity index (χ3v) is 4.44. The maximum atomic E-state index is 11.8. The molecular weight excluding hydrogens is 242 g/mol. The van der Waals surface area contributed by atoms with E-state index in [1.807, 2.05) is 0 Å². The van der Waals surface area contributed by atoms with Gasteiger partial charge in [0.2, 0.25) is 5.91 Å². The molecule has 96 valence electrons. The van der Waals surface area contributed by atoms with E-state index >= 15 is 0 Å². The minimum atomic E-state index is -1.06. The van der Waals surface area contributed by atoms with Gasteiger partial charge in [0, 0.05) is 12.4 Å². The summed E-state index contributed by atoms with van der Waals surface area (Å²) in [5, 5.41) is 11.9. The highest BCUT2D eigenvalue weighted by molar-refractivity contribution is 7.99. The zero-order chi connectivity index (χ0) is 12.3. The molecule has 2 atom stereocenters. The molecule has 6 heteroatoms. The number of thioether (sulfide) groups is 1. The summed E-state index contributed by atoms with van der Waals surface area (Å²) in [7, 11) is 0. The standard InChI is InChI=1S/C11H17NO4S/c13-9(6-8-2-1-4-16-8)12-11(10(14)15)3-5-17-7-11/h8H,1-7H2,(H,12,13)(H,14,15). The fraction of sp³-hybridized carbons (Fsp3) is 0.818. The minimum absolute atomic E-state index is 0.0325. The number of aliphatic carboxylic acids is 1. The lowest BCUT2D eigenvalue weighted by Gasteiger charge is -2.25. The molecule has 2 aliphatic heterocycles. The predicted octanol–water partition coefficient (Wildman–Crippen LogP) is 0.632. The molecule has 0 spiro atoms. The fourth-order valence-corrected chi connectivity index (χ4v) is 3.54. The molecule has 0 aromatic heterocycles. The first-order valence-corrected chi connectivity index (χ1v) is 7.02. The van der Waals surface area contributed by atoms with Gasteiger partial charge in [-0.05, 0) is 25.0 Å². The summed E-state index contributed by atoms with van der Waals surface area (Å²) in [5.74, 6) is 0.108. The predicted molar refractivity (Wildman–Crippen MR) is 64.0 cm³/mol. The van der Waals surface area contributed by atoms with Crippen molar-refractivity contribution in [2.24, 2.45) is 0 Å². The maximum absolute atomic E-state index is 11.8. The summed E-state index contributed by atoms with van der Waals surface area (Å²) >= 11 is 1.57. The number of hydrogen-bond acceptors (Lipinski definition) is 4. The average molecular weight is 259 g/mol. The number of rotatable bonds is 4. The monoisotopic (exact) mass is 259 g/mol. The lowest BCUT2D eigenvalue weighted by molar-refractivity contribution is -0.146. The van der Waals surface area contributed by atoms with Crippen LogP contribution in [0.5, 0.6) is 0 Å². The van der Waals surface area contributed by atoms with E-state index in [-0.39, 0.29) is 18.4 Å². The summed E-state index contributed by atoms with van der Waals surface area (Å²) in [4.78, 5) is 23.0.